The summed E-state index contributed by atoms with van der Waals surface area (Å²) in [7, 11) is 0. The predicted octanol–water partition coefficient (Wildman–Crippen LogP) is 1.42. The number of carbonyl (C=O) groups excluding carboxylic acids is 2. The van der Waals surface area contributed by atoms with Crippen LogP contribution < -0.4 is 11.1 Å². The first-order chi connectivity index (χ1) is 14.6. The van der Waals surface area contributed by atoms with E-state index >= 15 is 0 Å². The minimum absolute atomic E-state index is 0.0190. The first-order valence-corrected chi connectivity index (χ1v) is 9.84. The van der Waals surface area contributed by atoms with Crippen molar-refractivity contribution in [2.75, 3.05) is 0 Å². The zero-order chi connectivity index (χ0) is 22.8. The SMILES string of the molecule is CC(C)C1CC(=O)N(C(O)(O)c2cc(F)cc(C(=O)NCc3ccccc3)c2)C(N)=N1. The molecule has 3 rings (SSSR count). The Balaban J connectivity index is 1.86. The van der Waals surface area contributed by atoms with Crippen molar-refractivity contribution in [3.05, 3.63) is 71.0 Å². The van der Waals surface area contributed by atoms with Gasteiger partial charge in [0.05, 0.1) is 12.5 Å². The van der Waals surface area contributed by atoms with Crippen molar-refractivity contribution in [2.45, 2.75) is 38.8 Å². The van der Waals surface area contributed by atoms with E-state index in [1.807, 2.05) is 44.2 Å². The molecule has 5 N–H and O–H groups in total. The predicted molar refractivity (Wildman–Crippen MR) is 112 cm³/mol. The van der Waals surface area contributed by atoms with Crippen LogP contribution in [-0.4, -0.2) is 38.9 Å². The average Bonchev–Trinajstić information content (AvgIpc) is 2.71. The lowest BCUT2D eigenvalue weighted by atomic mass is 9.98. The van der Waals surface area contributed by atoms with Gasteiger partial charge < -0.3 is 21.3 Å². The summed E-state index contributed by atoms with van der Waals surface area (Å²) >= 11 is 0. The van der Waals surface area contributed by atoms with Crippen molar-refractivity contribution < 1.29 is 24.2 Å². The number of hydrogen-bond acceptors (Lipinski definition) is 6. The van der Waals surface area contributed by atoms with E-state index in [4.69, 9.17) is 5.73 Å². The lowest BCUT2D eigenvalue weighted by Crippen LogP contribution is -2.58. The van der Waals surface area contributed by atoms with Crippen LogP contribution in [0.2, 0.25) is 0 Å². The van der Waals surface area contributed by atoms with Gasteiger partial charge in [0, 0.05) is 17.7 Å². The van der Waals surface area contributed by atoms with Gasteiger partial charge in [-0.3, -0.25) is 9.59 Å². The van der Waals surface area contributed by atoms with Gasteiger partial charge in [-0.2, -0.15) is 0 Å². The van der Waals surface area contributed by atoms with Gasteiger partial charge in [-0.05, 0) is 29.7 Å². The molecule has 1 unspecified atom stereocenters. The summed E-state index contributed by atoms with van der Waals surface area (Å²) in [5.74, 6) is -5.52. The minimum Gasteiger partial charge on any atom is -0.369 e. The van der Waals surface area contributed by atoms with Crippen molar-refractivity contribution in [2.24, 2.45) is 16.6 Å². The minimum atomic E-state index is -2.98. The Morgan fingerprint density at radius 3 is 2.58 bits per heavy atom. The molecule has 0 radical (unpaired) electrons. The number of nitrogens with two attached hydrogens (primary N) is 1. The number of carbonyl (C=O) groups is 2. The second kappa shape index (κ2) is 8.83. The Morgan fingerprint density at radius 1 is 1.29 bits per heavy atom. The standard InChI is InChI=1S/C22H25FN4O4/c1-13(2)18-11-19(28)27(21(24)26-18)22(30,31)16-8-15(9-17(23)10-16)20(29)25-12-14-6-4-3-5-7-14/h3-10,13,18,30-31H,11-12H2,1-2H3,(H2,24,26)(H,25,29). The summed E-state index contributed by atoms with van der Waals surface area (Å²) in [4.78, 5) is 29.7. The van der Waals surface area contributed by atoms with Crippen LogP contribution in [0.5, 0.6) is 0 Å². The van der Waals surface area contributed by atoms with Gasteiger partial charge in [-0.15, -0.1) is 0 Å². The normalized spacial score (nSPS) is 17.0. The quantitative estimate of drug-likeness (QED) is 0.518. The van der Waals surface area contributed by atoms with Crippen molar-refractivity contribution in [3.8, 4) is 0 Å². The second-order valence-electron chi connectivity index (χ2n) is 7.76. The Bertz CT molecular complexity index is 1010. The van der Waals surface area contributed by atoms with E-state index in [2.05, 4.69) is 10.3 Å². The fourth-order valence-electron chi connectivity index (χ4n) is 3.31. The number of amides is 2. The molecule has 1 aliphatic heterocycles. The van der Waals surface area contributed by atoms with E-state index in [1.165, 1.54) is 0 Å². The van der Waals surface area contributed by atoms with Crippen molar-refractivity contribution in [1.82, 2.24) is 10.2 Å². The van der Waals surface area contributed by atoms with Crippen LogP contribution in [0, 0.1) is 11.7 Å². The molecule has 2 aromatic rings. The maximum atomic E-state index is 14.2. The average molecular weight is 428 g/mol. The monoisotopic (exact) mass is 428 g/mol. The third-order valence-corrected chi connectivity index (χ3v) is 5.08. The molecule has 31 heavy (non-hydrogen) atoms. The highest BCUT2D eigenvalue weighted by Gasteiger charge is 2.44. The van der Waals surface area contributed by atoms with E-state index < -0.39 is 35.1 Å². The molecule has 0 spiro atoms. The third-order valence-electron chi connectivity index (χ3n) is 5.08. The van der Waals surface area contributed by atoms with E-state index in [1.54, 1.807) is 0 Å². The maximum absolute atomic E-state index is 14.2. The number of hydrogen-bond donors (Lipinski definition) is 4. The molecule has 0 saturated carbocycles. The Labute approximate surface area is 179 Å². The molecule has 2 aromatic carbocycles. The topological polar surface area (TPSA) is 128 Å². The third kappa shape index (κ3) is 4.89. The summed E-state index contributed by atoms with van der Waals surface area (Å²) in [5.41, 5.74) is 6.11. The van der Waals surface area contributed by atoms with Crippen LogP contribution in [0.25, 0.3) is 0 Å². The van der Waals surface area contributed by atoms with Crippen LogP contribution in [-0.2, 0) is 17.3 Å². The molecule has 1 heterocycles. The zero-order valence-corrected chi connectivity index (χ0v) is 17.2. The van der Waals surface area contributed by atoms with Crippen molar-refractivity contribution in [3.63, 3.8) is 0 Å². The van der Waals surface area contributed by atoms with Gasteiger partial charge in [0.15, 0.2) is 0 Å². The summed E-state index contributed by atoms with van der Waals surface area (Å²) in [6.45, 7) is 3.93. The maximum Gasteiger partial charge on any atom is 0.284 e. The van der Waals surface area contributed by atoms with Crippen LogP contribution in [0.3, 0.4) is 0 Å². The first kappa shape index (κ1) is 22.4. The van der Waals surface area contributed by atoms with Gasteiger partial charge in [0.25, 0.3) is 11.8 Å². The molecule has 0 saturated heterocycles. The first-order valence-electron chi connectivity index (χ1n) is 9.84. The van der Waals surface area contributed by atoms with Crippen LogP contribution in [0.4, 0.5) is 4.39 Å². The molecule has 0 bridgehead atoms. The summed E-state index contributed by atoms with van der Waals surface area (Å²) in [6, 6.07) is 11.6. The molecule has 0 aliphatic carbocycles. The molecular formula is C22H25FN4O4. The Hall–Kier alpha value is -3.30. The van der Waals surface area contributed by atoms with E-state index in [0.29, 0.717) is 4.90 Å². The highest BCUT2D eigenvalue weighted by Crippen LogP contribution is 2.29. The highest BCUT2D eigenvalue weighted by molar-refractivity contribution is 5.99. The fourth-order valence-corrected chi connectivity index (χ4v) is 3.31. The zero-order valence-electron chi connectivity index (χ0n) is 17.2. The number of guanidine groups is 1. The van der Waals surface area contributed by atoms with Gasteiger partial charge in [-0.25, -0.2) is 14.3 Å². The molecule has 1 aliphatic rings. The fraction of sp³-hybridized carbons (Fsp3) is 0.318. The number of aliphatic hydroxyl groups is 2. The van der Waals surface area contributed by atoms with Gasteiger partial charge >= 0.3 is 0 Å². The molecule has 2 amide bonds. The van der Waals surface area contributed by atoms with Crippen LogP contribution in [0.15, 0.2) is 53.5 Å². The van der Waals surface area contributed by atoms with E-state index in [9.17, 15) is 24.2 Å². The molecule has 164 valence electrons. The molecule has 0 aromatic heterocycles. The van der Waals surface area contributed by atoms with Crippen molar-refractivity contribution >= 4 is 17.8 Å². The van der Waals surface area contributed by atoms with E-state index in [-0.39, 0.29) is 30.4 Å². The Kier molecular flexibility index (Phi) is 6.37. The van der Waals surface area contributed by atoms with Crippen LogP contribution >= 0.6 is 0 Å². The molecule has 9 heteroatoms. The number of benzene rings is 2. The second-order valence-corrected chi connectivity index (χ2v) is 7.76. The number of halogens is 1. The molecule has 0 fully saturated rings. The number of nitrogens with one attached hydrogen (secondary N) is 1. The Morgan fingerprint density at radius 2 is 1.97 bits per heavy atom. The smallest absolute Gasteiger partial charge is 0.284 e. The van der Waals surface area contributed by atoms with Gasteiger partial charge in [0.1, 0.15) is 5.82 Å². The van der Waals surface area contributed by atoms with Gasteiger partial charge in [0.2, 0.25) is 11.9 Å². The molecular weight excluding hydrogens is 403 g/mol. The molecule has 8 nitrogen and oxygen atoms in total. The lowest BCUT2D eigenvalue weighted by molar-refractivity contribution is -0.247. The molecule has 1 atom stereocenters. The largest absolute Gasteiger partial charge is 0.369 e. The van der Waals surface area contributed by atoms with Crippen LogP contribution in [0.1, 0.15) is 41.8 Å². The van der Waals surface area contributed by atoms with E-state index in [0.717, 1.165) is 23.8 Å². The summed E-state index contributed by atoms with van der Waals surface area (Å²) in [5, 5.41) is 24.1. The van der Waals surface area contributed by atoms with Gasteiger partial charge in [-0.1, -0.05) is 44.2 Å². The highest BCUT2D eigenvalue weighted by atomic mass is 19.1. The number of nitrogens with zero attached hydrogens (tertiary/aromatic N) is 2. The number of rotatable bonds is 6. The van der Waals surface area contributed by atoms with Crippen molar-refractivity contribution in [1.29, 1.82) is 0 Å². The lowest BCUT2D eigenvalue weighted by Gasteiger charge is -2.38. The summed E-state index contributed by atoms with van der Waals surface area (Å²) in [6.07, 6.45) is -0.0824. The number of aliphatic imine (C=N–C) groups is 1. The summed E-state index contributed by atoms with van der Waals surface area (Å²) < 4.78 is 14.2.